The third kappa shape index (κ3) is 4.78. The summed E-state index contributed by atoms with van der Waals surface area (Å²) in [5, 5.41) is 7.19. The van der Waals surface area contributed by atoms with Gasteiger partial charge in [0.25, 0.3) is 0 Å². The van der Waals surface area contributed by atoms with Crippen LogP contribution < -0.4 is 5.73 Å². The number of amides is 1. The molecular formula is C11H15N3O2S. The molecule has 5 nitrogen and oxygen atoms in total. The summed E-state index contributed by atoms with van der Waals surface area (Å²) in [5.74, 6) is 1.18. The molecule has 17 heavy (non-hydrogen) atoms. The van der Waals surface area contributed by atoms with Crippen LogP contribution in [0.5, 0.6) is 0 Å². The molecule has 0 unspecified atom stereocenters. The van der Waals surface area contributed by atoms with E-state index in [1.54, 1.807) is 6.33 Å². The first kappa shape index (κ1) is 13.4. The van der Waals surface area contributed by atoms with Gasteiger partial charge >= 0.3 is 6.09 Å². The third-order valence-corrected chi connectivity index (χ3v) is 3.06. The van der Waals surface area contributed by atoms with Gasteiger partial charge in [0.2, 0.25) is 0 Å². The summed E-state index contributed by atoms with van der Waals surface area (Å²) in [4.78, 5) is 17.4. The van der Waals surface area contributed by atoms with Gasteiger partial charge in [-0.15, -0.1) is 11.8 Å². The normalized spacial score (nSPS) is 9.71. The summed E-state index contributed by atoms with van der Waals surface area (Å²) in [5.41, 5.74) is 6.20. The van der Waals surface area contributed by atoms with E-state index in [0.29, 0.717) is 0 Å². The Morgan fingerprint density at radius 1 is 1.59 bits per heavy atom. The molecule has 0 aliphatic heterocycles. The summed E-state index contributed by atoms with van der Waals surface area (Å²) in [7, 11) is 0. The molecule has 0 aliphatic carbocycles. The van der Waals surface area contributed by atoms with Crippen molar-refractivity contribution >= 4 is 28.9 Å². The maximum Gasteiger partial charge on any atom is 0.402 e. The van der Waals surface area contributed by atoms with E-state index < -0.39 is 6.09 Å². The molecule has 1 aromatic heterocycles. The monoisotopic (exact) mass is 253 g/mol. The number of thioether (sulfide) groups is 1. The minimum atomic E-state index is -1.33. The lowest BCUT2D eigenvalue weighted by Crippen LogP contribution is -2.03. The lowest BCUT2D eigenvalue weighted by Gasteiger charge is -1.98. The maximum absolute atomic E-state index is 8.78. The van der Waals surface area contributed by atoms with Crippen LogP contribution in [0.3, 0.4) is 0 Å². The molecule has 0 bridgehead atoms. The summed E-state index contributed by atoms with van der Waals surface area (Å²) >= 11 is 1.89. The zero-order chi connectivity index (χ0) is 12.7. The zero-order valence-electron chi connectivity index (χ0n) is 9.51. The molecule has 6 heteroatoms. The second-order valence-electron chi connectivity index (χ2n) is 3.27. The highest BCUT2D eigenvalue weighted by Gasteiger charge is 1.97. The molecule has 0 fully saturated rings. The van der Waals surface area contributed by atoms with Crippen molar-refractivity contribution in [3.8, 4) is 0 Å². The first-order chi connectivity index (χ1) is 8.13. The van der Waals surface area contributed by atoms with Crippen LogP contribution in [0.4, 0.5) is 4.79 Å². The fraction of sp³-hybridized carbons (Fsp3) is 0.273. The van der Waals surface area contributed by atoms with E-state index in [1.165, 1.54) is 17.1 Å². The zero-order valence-corrected chi connectivity index (χ0v) is 10.3. The molecular weight excluding hydrogens is 238 g/mol. The Morgan fingerprint density at radius 3 is 2.94 bits per heavy atom. The number of hydrogen-bond acceptors (Lipinski definition) is 3. The van der Waals surface area contributed by atoms with E-state index in [0.717, 1.165) is 11.0 Å². The number of hydrogen-bond donors (Lipinski definition) is 3. The molecule has 4 N–H and O–H groups in total. The number of nitrogens with two attached hydrogens (primary N) is 1. The van der Waals surface area contributed by atoms with Crippen molar-refractivity contribution < 1.29 is 9.90 Å². The SMILES string of the molecule is CCCSc1ccc2nc[nH]c2c1.NC(=O)O. The van der Waals surface area contributed by atoms with E-state index in [-0.39, 0.29) is 0 Å². The standard InChI is InChI=1S/C10H12N2S.CH3NO2/c1-2-5-13-8-3-4-9-10(6-8)12-7-11-9;2-1(3)4/h3-4,6-7H,2,5H2,1H3,(H,11,12);2H2,(H,3,4). The fourth-order valence-corrected chi connectivity index (χ4v) is 2.03. The molecule has 1 heterocycles. The molecule has 0 spiro atoms. The van der Waals surface area contributed by atoms with Gasteiger partial charge in [-0.1, -0.05) is 6.92 Å². The van der Waals surface area contributed by atoms with Gasteiger partial charge in [0.05, 0.1) is 17.4 Å². The third-order valence-electron chi connectivity index (χ3n) is 1.86. The second-order valence-corrected chi connectivity index (χ2v) is 4.44. The smallest absolute Gasteiger partial charge is 0.402 e. The topological polar surface area (TPSA) is 92.0 Å². The number of nitrogens with one attached hydrogen (secondary N) is 1. The highest BCUT2D eigenvalue weighted by atomic mass is 32.2. The lowest BCUT2D eigenvalue weighted by atomic mass is 10.3. The molecule has 0 atom stereocenters. The Labute approximate surface area is 103 Å². The number of aromatic nitrogens is 2. The van der Waals surface area contributed by atoms with E-state index in [1.807, 2.05) is 11.8 Å². The number of benzene rings is 1. The fourth-order valence-electron chi connectivity index (χ4n) is 1.22. The number of carboxylic acid groups (broad SMARTS) is 1. The predicted molar refractivity (Wildman–Crippen MR) is 69.3 cm³/mol. The van der Waals surface area contributed by atoms with Gasteiger partial charge in [0.15, 0.2) is 0 Å². The van der Waals surface area contributed by atoms with Gasteiger partial charge in [0, 0.05) is 4.90 Å². The summed E-state index contributed by atoms with van der Waals surface area (Å²) in [6, 6.07) is 6.34. The summed E-state index contributed by atoms with van der Waals surface area (Å²) in [6.45, 7) is 2.20. The van der Waals surface area contributed by atoms with E-state index in [4.69, 9.17) is 9.90 Å². The van der Waals surface area contributed by atoms with Gasteiger partial charge in [0.1, 0.15) is 0 Å². The van der Waals surface area contributed by atoms with E-state index in [2.05, 4.69) is 40.8 Å². The van der Waals surface area contributed by atoms with Gasteiger partial charge in [-0.2, -0.15) is 0 Å². The van der Waals surface area contributed by atoms with Crippen LogP contribution in [0, 0.1) is 0 Å². The number of carbonyl (C=O) groups is 1. The van der Waals surface area contributed by atoms with E-state index in [9.17, 15) is 0 Å². The number of fused-ring (bicyclic) bond motifs is 1. The molecule has 1 aromatic carbocycles. The molecule has 2 aromatic rings. The van der Waals surface area contributed by atoms with Crippen molar-refractivity contribution in [3.05, 3.63) is 24.5 Å². The van der Waals surface area contributed by atoms with Crippen molar-refractivity contribution in [1.82, 2.24) is 9.97 Å². The number of nitrogens with zero attached hydrogens (tertiary/aromatic N) is 1. The van der Waals surface area contributed by atoms with Crippen molar-refractivity contribution in [2.24, 2.45) is 5.73 Å². The van der Waals surface area contributed by atoms with Crippen LogP contribution in [0.1, 0.15) is 13.3 Å². The molecule has 1 amide bonds. The Bertz CT molecular complexity index is 480. The average molecular weight is 253 g/mol. The summed E-state index contributed by atoms with van der Waals surface area (Å²) < 4.78 is 0. The minimum Gasteiger partial charge on any atom is -0.465 e. The van der Waals surface area contributed by atoms with Crippen LogP contribution in [-0.4, -0.2) is 26.9 Å². The lowest BCUT2D eigenvalue weighted by molar-refractivity contribution is 0.205. The molecule has 2 rings (SSSR count). The van der Waals surface area contributed by atoms with Gasteiger partial charge in [-0.05, 0) is 30.4 Å². The average Bonchev–Trinajstić information content (AvgIpc) is 2.72. The highest BCUT2D eigenvalue weighted by Crippen LogP contribution is 2.21. The van der Waals surface area contributed by atoms with Gasteiger partial charge in [-0.3, -0.25) is 0 Å². The van der Waals surface area contributed by atoms with Crippen molar-refractivity contribution in [2.75, 3.05) is 5.75 Å². The van der Waals surface area contributed by atoms with Gasteiger partial charge < -0.3 is 15.8 Å². The van der Waals surface area contributed by atoms with Crippen molar-refractivity contribution in [1.29, 1.82) is 0 Å². The maximum atomic E-state index is 8.78. The van der Waals surface area contributed by atoms with Crippen LogP contribution in [0.25, 0.3) is 11.0 Å². The Balaban J connectivity index is 0.000000317. The Kier molecular flexibility index (Phi) is 5.35. The molecule has 92 valence electrons. The number of primary amides is 1. The van der Waals surface area contributed by atoms with Crippen LogP contribution in [0.2, 0.25) is 0 Å². The number of imidazole rings is 1. The number of H-pyrrole nitrogens is 1. The largest absolute Gasteiger partial charge is 0.465 e. The number of rotatable bonds is 3. The minimum absolute atomic E-state index is 1.04. The number of aromatic amines is 1. The first-order valence-electron chi connectivity index (χ1n) is 5.17. The first-order valence-corrected chi connectivity index (χ1v) is 6.16. The Hall–Kier alpha value is -1.69. The highest BCUT2D eigenvalue weighted by molar-refractivity contribution is 7.99. The molecule has 0 saturated carbocycles. The Morgan fingerprint density at radius 2 is 2.29 bits per heavy atom. The van der Waals surface area contributed by atoms with Gasteiger partial charge in [-0.25, -0.2) is 9.78 Å². The van der Waals surface area contributed by atoms with Crippen LogP contribution in [0.15, 0.2) is 29.4 Å². The van der Waals surface area contributed by atoms with Crippen molar-refractivity contribution in [3.63, 3.8) is 0 Å². The predicted octanol–water partition coefficient (Wildman–Crippen LogP) is 2.69. The molecule has 0 radical (unpaired) electrons. The van der Waals surface area contributed by atoms with E-state index >= 15 is 0 Å². The molecule has 0 saturated heterocycles. The van der Waals surface area contributed by atoms with Crippen LogP contribution in [-0.2, 0) is 0 Å². The second kappa shape index (κ2) is 6.80. The quantitative estimate of drug-likeness (QED) is 0.733. The van der Waals surface area contributed by atoms with Crippen LogP contribution >= 0.6 is 11.8 Å². The molecule has 0 aliphatic rings. The van der Waals surface area contributed by atoms with Crippen molar-refractivity contribution in [2.45, 2.75) is 18.2 Å². The summed E-state index contributed by atoms with van der Waals surface area (Å²) in [6.07, 6.45) is 1.62.